The van der Waals surface area contributed by atoms with Gasteiger partial charge in [0.15, 0.2) is 0 Å². The van der Waals surface area contributed by atoms with E-state index in [1.807, 2.05) is 0 Å². The van der Waals surface area contributed by atoms with Crippen LogP contribution in [0.15, 0.2) is 6.33 Å². The number of nitrogens with zero attached hydrogens (tertiary/aromatic N) is 2. The Morgan fingerprint density at radius 1 is 1.50 bits per heavy atom. The normalized spacial score (nSPS) is 20.2. The Balaban J connectivity index is 2.35. The van der Waals surface area contributed by atoms with Gasteiger partial charge in [-0.15, -0.1) is 0 Å². The Morgan fingerprint density at radius 3 is 3.17 bits per heavy atom. The summed E-state index contributed by atoms with van der Waals surface area (Å²) >= 11 is 0. The fraction of sp³-hybridized carbons (Fsp3) is 0.600. The standard InChI is InChI=1S/C10H13N2/c1-10(2)4-3-9-8(5-10)6-11-7-12-9/h7H,3-5H2,1-2H3. The molecule has 63 valence electrons. The molecule has 0 spiro atoms. The van der Waals surface area contributed by atoms with Crippen LogP contribution in [0.2, 0.25) is 0 Å². The Hall–Kier alpha value is -0.920. The lowest BCUT2D eigenvalue weighted by Crippen LogP contribution is -2.23. The van der Waals surface area contributed by atoms with Crippen LogP contribution in [-0.4, -0.2) is 9.97 Å². The summed E-state index contributed by atoms with van der Waals surface area (Å²) in [5.41, 5.74) is 2.83. The van der Waals surface area contributed by atoms with Gasteiger partial charge >= 0.3 is 0 Å². The SMILES string of the molecule is CC1(C)CCc2ncn[c]c2C1. The van der Waals surface area contributed by atoms with Gasteiger partial charge in [0.25, 0.3) is 0 Å². The van der Waals surface area contributed by atoms with Gasteiger partial charge < -0.3 is 0 Å². The third-order valence-corrected chi connectivity index (χ3v) is 2.51. The summed E-state index contributed by atoms with van der Waals surface area (Å²) in [5.74, 6) is 0. The zero-order chi connectivity index (χ0) is 8.60. The van der Waals surface area contributed by atoms with E-state index in [0.717, 1.165) is 12.8 Å². The van der Waals surface area contributed by atoms with Gasteiger partial charge in [-0.3, -0.25) is 0 Å². The van der Waals surface area contributed by atoms with Crippen molar-refractivity contribution in [3.63, 3.8) is 0 Å². The van der Waals surface area contributed by atoms with Gasteiger partial charge in [0, 0.05) is 11.3 Å². The van der Waals surface area contributed by atoms with Gasteiger partial charge in [-0.25, -0.2) is 9.97 Å². The van der Waals surface area contributed by atoms with Crippen LogP contribution in [0.1, 0.15) is 31.5 Å². The number of rotatable bonds is 0. The molecular formula is C10H13N2. The zero-order valence-corrected chi connectivity index (χ0v) is 7.59. The summed E-state index contributed by atoms with van der Waals surface area (Å²) in [5, 5.41) is 0. The maximum atomic E-state index is 4.24. The van der Waals surface area contributed by atoms with Gasteiger partial charge in [-0.1, -0.05) is 13.8 Å². The highest BCUT2D eigenvalue weighted by atomic mass is 14.8. The minimum absolute atomic E-state index is 0.411. The predicted molar refractivity (Wildman–Crippen MR) is 46.7 cm³/mol. The topological polar surface area (TPSA) is 25.8 Å². The fourth-order valence-electron chi connectivity index (χ4n) is 1.73. The van der Waals surface area contributed by atoms with Crippen molar-refractivity contribution in [1.29, 1.82) is 0 Å². The van der Waals surface area contributed by atoms with Crippen molar-refractivity contribution in [3.05, 3.63) is 23.8 Å². The maximum absolute atomic E-state index is 4.24. The molecule has 1 radical (unpaired) electrons. The first kappa shape index (κ1) is 7.71. The van der Waals surface area contributed by atoms with Gasteiger partial charge in [-0.05, 0) is 24.7 Å². The molecule has 0 aliphatic heterocycles. The number of aromatic nitrogens is 2. The van der Waals surface area contributed by atoms with Crippen LogP contribution < -0.4 is 0 Å². The Kier molecular flexibility index (Phi) is 1.63. The van der Waals surface area contributed by atoms with E-state index in [0.29, 0.717) is 5.41 Å². The first-order valence-corrected chi connectivity index (χ1v) is 4.38. The van der Waals surface area contributed by atoms with Gasteiger partial charge in [0.1, 0.15) is 6.33 Å². The van der Waals surface area contributed by atoms with Gasteiger partial charge in [-0.2, -0.15) is 0 Å². The molecule has 0 saturated heterocycles. The van der Waals surface area contributed by atoms with Crippen molar-refractivity contribution >= 4 is 0 Å². The van der Waals surface area contributed by atoms with Gasteiger partial charge in [0.05, 0.1) is 6.20 Å². The number of hydrogen-bond donors (Lipinski definition) is 0. The van der Waals surface area contributed by atoms with Crippen molar-refractivity contribution < 1.29 is 0 Å². The Labute approximate surface area is 73.1 Å². The largest absolute Gasteiger partial charge is 0.241 e. The van der Waals surface area contributed by atoms with Crippen LogP contribution in [0.5, 0.6) is 0 Å². The highest BCUT2D eigenvalue weighted by molar-refractivity contribution is 5.20. The van der Waals surface area contributed by atoms with Gasteiger partial charge in [0.2, 0.25) is 0 Å². The summed E-state index contributed by atoms with van der Waals surface area (Å²) in [6.07, 6.45) is 8.01. The number of aryl methyl sites for hydroxylation is 1. The molecule has 0 saturated carbocycles. The Bertz CT molecular complexity index is 292. The molecule has 1 heterocycles. The molecule has 1 aromatic rings. The minimum Gasteiger partial charge on any atom is -0.241 e. The van der Waals surface area contributed by atoms with Crippen molar-refractivity contribution in [2.45, 2.75) is 33.1 Å². The van der Waals surface area contributed by atoms with E-state index in [9.17, 15) is 0 Å². The van der Waals surface area contributed by atoms with E-state index < -0.39 is 0 Å². The van der Waals surface area contributed by atoms with Crippen LogP contribution >= 0.6 is 0 Å². The van der Waals surface area contributed by atoms with E-state index >= 15 is 0 Å². The van der Waals surface area contributed by atoms with E-state index in [4.69, 9.17) is 0 Å². The second-order valence-electron chi connectivity index (χ2n) is 4.25. The third-order valence-electron chi connectivity index (χ3n) is 2.51. The molecule has 1 aromatic heterocycles. The highest BCUT2D eigenvalue weighted by Crippen LogP contribution is 2.32. The van der Waals surface area contributed by atoms with Crippen molar-refractivity contribution in [1.82, 2.24) is 9.97 Å². The first-order valence-electron chi connectivity index (χ1n) is 4.38. The molecule has 0 atom stereocenters. The van der Waals surface area contributed by atoms with Crippen LogP contribution in [0.25, 0.3) is 0 Å². The third kappa shape index (κ3) is 1.33. The minimum atomic E-state index is 0.411. The van der Waals surface area contributed by atoms with Crippen molar-refractivity contribution in [2.24, 2.45) is 5.41 Å². The molecule has 0 bridgehead atoms. The average molecular weight is 161 g/mol. The first-order chi connectivity index (χ1) is 5.67. The lowest BCUT2D eigenvalue weighted by atomic mass is 9.76. The molecule has 0 aromatic carbocycles. The number of hydrogen-bond acceptors (Lipinski definition) is 2. The number of fused-ring (bicyclic) bond motifs is 1. The van der Waals surface area contributed by atoms with Crippen molar-refractivity contribution in [3.8, 4) is 0 Å². The summed E-state index contributed by atoms with van der Waals surface area (Å²) in [7, 11) is 0. The molecule has 1 aliphatic rings. The molecule has 1 aliphatic carbocycles. The maximum Gasteiger partial charge on any atom is 0.116 e. The molecule has 12 heavy (non-hydrogen) atoms. The lowest BCUT2D eigenvalue weighted by molar-refractivity contribution is 0.311. The molecule has 2 rings (SSSR count). The summed E-state index contributed by atoms with van der Waals surface area (Å²) in [6.45, 7) is 4.58. The lowest BCUT2D eigenvalue weighted by Gasteiger charge is -2.29. The highest BCUT2D eigenvalue weighted by Gasteiger charge is 2.25. The van der Waals surface area contributed by atoms with E-state index in [1.165, 1.54) is 17.7 Å². The van der Waals surface area contributed by atoms with E-state index in [2.05, 4.69) is 30.0 Å². The molecular weight excluding hydrogens is 148 g/mol. The molecule has 0 fully saturated rings. The average Bonchev–Trinajstić information content (AvgIpc) is 2.02. The van der Waals surface area contributed by atoms with E-state index in [-0.39, 0.29) is 0 Å². The molecule has 0 N–H and O–H groups in total. The fourth-order valence-corrected chi connectivity index (χ4v) is 1.73. The molecule has 2 nitrogen and oxygen atoms in total. The summed E-state index contributed by atoms with van der Waals surface area (Å²) < 4.78 is 0. The van der Waals surface area contributed by atoms with Crippen LogP contribution in [0.4, 0.5) is 0 Å². The summed E-state index contributed by atoms with van der Waals surface area (Å²) in [6, 6.07) is 0. The second-order valence-corrected chi connectivity index (χ2v) is 4.25. The van der Waals surface area contributed by atoms with Crippen molar-refractivity contribution in [2.75, 3.05) is 0 Å². The second kappa shape index (κ2) is 2.54. The summed E-state index contributed by atoms with van der Waals surface area (Å²) in [4.78, 5) is 8.17. The Morgan fingerprint density at radius 2 is 2.33 bits per heavy atom. The molecule has 0 unspecified atom stereocenters. The monoisotopic (exact) mass is 161 g/mol. The predicted octanol–water partition coefficient (Wildman–Crippen LogP) is 1.79. The van der Waals surface area contributed by atoms with E-state index in [1.54, 1.807) is 6.33 Å². The van der Waals surface area contributed by atoms with Crippen LogP contribution in [0, 0.1) is 11.6 Å². The van der Waals surface area contributed by atoms with Crippen LogP contribution in [0.3, 0.4) is 0 Å². The quantitative estimate of drug-likeness (QED) is 0.579. The molecule has 2 heteroatoms. The zero-order valence-electron chi connectivity index (χ0n) is 7.59. The smallest absolute Gasteiger partial charge is 0.116 e. The van der Waals surface area contributed by atoms with Crippen LogP contribution in [-0.2, 0) is 12.8 Å². The molecule has 0 amide bonds.